The third kappa shape index (κ3) is 1.71. The molecular weight excluding hydrogens is 202 g/mol. The van der Waals surface area contributed by atoms with E-state index in [1.807, 2.05) is 19.1 Å². The number of nitrogens with one attached hydrogen (secondary N) is 1. The molecule has 2 N–H and O–H groups in total. The van der Waals surface area contributed by atoms with Crippen LogP contribution in [0.1, 0.15) is 35.2 Å². The van der Waals surface area contributed by atoms with Crippen molar-refractivity contribution in [2.45, 2.75) is 39.3 Å². The summed E-state index contributed by atoms with van der Waals surface area (Å²) in [7, 11) is 0. The van der Waals surface area contributed by atoms with Crippen molar-refractivity contribution in [3.05, 3.63) is 34.4 Å². The first-order valence-electron chi connectivity index (χ1n) is 5.58. The Morgan fingerprint density at radius 1 is 1.44 bits per heavy atom. The van der Waals surface area contributed by atoms with E-state index in [1.165, 1.54) is 16.7 Å². The second-order valence-electron chi connectivity index (χ2n) is 4.62. The van der Waals surface area contributed by atoms with Crippen molar-refractivity contribution >= 4 is 5.97 Å². The number of carboxylic acids is 1. The molecule has 16 heavy (non-hydrogen) atoms. The van der Waals surface area contributed by atoms with Gasteiger partial charge in [-0.2, -0.15) is 0 Å². The third-order valence-corrected chi connectivity index (χ3v) is 3.42. The maximum atomic E-state index is 11.2. The van der Waals surface area contributed by atoms with Crippen LogP contribution in [0.4, 0.5) is 0 Å². The van der Waals surface area contributed by atoms with Crippen LogP contribution >= 0.6 is 0 Å². The molecule has 2 unspecified atom stereocenters. The number of aliphatic carboxylic acids is 1. The molecule has 2 atom stereocenters. The summed E-state index contributed by atoms with van der Waals surface area (Å²) in [5.74, 6) is -0.795. The van der Waals surface area contributed by atoms with Gasteiger partial charge in [0.2, 0.25) is 0 Å². The van der Waals surface area contributed by atoms with Gasteiger partial charge in [0, 0.05) is 6.04 Å². The zero-order chi connectivity index (χ0) is 11.9. The van der Waals surface area contributed by atoms with E-state index in [4.69, 9.17) is 0 Å². The minimum atomic E-state index is -0.795. The lowest BCUT2D eigenvalue weighted by molar-refractivity contribution is -0.140. The van der Waals surface area contributed by atoms with Crippen LogP contribution in [0.15, 0.2) is 12.1 Å². The van der Waals surface area contributed by atoms with Crippen molar-refractivity contribution in [2.24, 2.45) is 0 Å². The fourth-order valence-electron chi connectivity index (χ4n) is 2.38. The van der Waals surface area contributed by atoms with E-state index in [2.05, 4.69) is 19.2 Å². The minimum Gasteiger partial charge on any atom is -0.480 e. The zero-order valence-electron chi connectivity index (χ0n) is 9.87. The first kappa shape index (κ1) is 11.1. The highest BCUT2D eigenvalue weighted by Crippen LogP contribution is 2.29. The topological polar surface area (TPSA) is 49.3 Å². The monoisotopic (exact) mass is 219 g/mol. The van der Waals surface area contributed by atoms with Crippen molar-refractivity contribution in [3.8, 4) is 0 Å². The van der Waals surface area contributed by atoms with Gasteiger partial charge in [0.15, 0.2) is 0 Å². The van der Waals surface area contributed by atoms with Crippen LogP contribution in [0.5, 0.6) is 0 Å². The molecule has 0 spiro atoms. The Kier molecular flexibility index (Phi) is 2.72. The Morgan fingerprint density at radius 2 is 2.12 bits per heavy atom. The van der Waals surface area contributed by atoms with Crippen LogP contribution in [0, 0.1) is 13.8 Å². The summed E-state index contributed by atoms with van der Waals surface area (Å²) in [5, 5.41) is 12.3. The van der Waals surface area contributed by atoms with Crippen molar-refractivity contribution in [1.29, 1.82) is 0 Å². The number of hydrogen-bond donors (Lipinski definition) is 2. The molecule has 1 heterocycles. The van der Waals surface area contributed by atoms with Crippen LogP contribution in [0.2, 0.25) is 0 Å². The molecule has 1 aliphatic rings. The molecule has 86 valence electrons. The van der Waals surface area contributed by atoms with E-state index in [-0.39, 0.29) is 6.04 Å². The van der Waals surface area contributed by atoms with Gasteiger partial charge in [0.1, 0.15) is 6.04 Å². The molecule has 1 aromatic carbocycles. The molecule has 0 saturated carbocycles. The molecule has 1 aromatic rings. The van der Waals surface area contributed by atoms with Crippen LogP contribution in [-0.4, -0.2) is 17.1 Å². The number of carboxylic acid groups (broad SMARTS) is 1. The normalized spacial score (nSPS) is 23.9. The van der Waals surface area contributed by atoms with E-state index >= 15 is 0 Å². The molecule has 3 nitrogen and oxygen atoms in total. The third-order valence-electron chi connectivity index (χ3n) is 3.42. The second kappa shape index (κ2) is 3.91. The van der Waals surface area contributed by atoms with Crippen LogP contribution in [0.3, 0.4) is 0 Å². The molecule has 0 aromatic heterocycles. The predicted molar refractivity (Wildman–Crippen MR) is 62.6 cm³/mol. The van der Waals surface area contributed by atoms with Crippen molar-refractivity contribution < 1.29 is 9.90 Å². The van der Waals surface area contributed by atoms with Gasteiger partial charge in [-0.3, -0.25) is 10.1 Å². The molecule has 0 saturated heterocycles. The van der Waals surface area contributed by atoms with Gasteiger partial charge in [0.05, 0.1) is 0 Å². The smallest absolute Gasteiger partial charge is 0.325 e. The molecule has 3 heteroatoms. The summed E-state index contributed by atoms with van der Waals surface area (Å²) in [5.41, 5.74) is 4.60. The number of rotatable bonds is 1. The van der Waals surface area contributed by atoms with E-state index in [9.17, 15) is 9.90 Å². The summed E-state index contributed by atoms with van der Waals surface area (Å²) in [4.78, 5) is 11.2. The SMILES string of the molecule is Cc1ccc2c(c1C)CC(C)NC2C(=O)O. The molecular formula is C13H17NO2. The number of fused-ring (bicyclic) bond motifs is 1. The van der Waals surface area contributed by atoms with Crippen molar-refractivity contribution in [3.63, 3.8) is 0 Å². The molecule has 0 fully saturated rings. The van der Waals surface area contributed by atoms with E-state index in [0.717, 1.165) is 12.0 Å². The average molecular weight is 219 g/mol. The highest BCUT2D eigenvalue weighted by molar-refractivity contribution is 5.77. The number of hydrogen-bond acceptors (Lipinski definition) is 2. The zero-order valence-corrected chi connectivity index (χ0v) is 9.87. The van der Waals surface area contributed by atoms with Gasteiger partial charge in [-0.1, -0.05) is 12.1 Å². The van der Waals surface area contributed by atoms with Gasteiger partial charge in [-0.25, -0.2) is 0 Å². The Balaban J connectivity index is 2.56. The lowest BCUT2D eigenvalue weighted by Gasteiger charge is -2.30. The highest BCUT2D eigenvalue weighted by Gasteiger charge is 2.29. The summed E-state index contributed by atoms with van der Waals surface area (Å²) in [6.07, 6.45) is 0.909. The molecule has 0 bridgehead atoms. The Bertz CT molecular complexity index is 440. The molecule has 1 aliphatic heterocycles. The van der Waals surface area contributed by atoms with Crippen molar-refractivity contribution in [2.75, 3.05) is 0 Å². The van der Waals surface area contributed by atoms with Gasteiger partial charge in [0.25, 0.3) is 0 Å². The first-order chi connectivity index (χ1) is 7.50. The molecule has 0 amide bonds. The number of carbonyl (C=O) groups is 1. The Labute approximate surface area is 95.5 Å². The quantitative estimate of drug-likeness (QED) is 0.759. The molecule has 0 radical (unpaired) electrons. The summed E-state index contributed by atoms with van der Waals surface area (Å²) < 4.78 is 0. The second-order valence-corrected chi connectivity index (χ2v) is 4.62. The van der Waals surface area contributed by atoms with E-state index in [1.54, 1.807) is 0 Å². The lowest BCUT2D eigenvalue weighted by Crippen LogP contribution is -2.41. The fourth-order valence-corrected chi connectivity index (χ4v) is 2.38. The standard InChI is InChI=1S/C13H17NO2/c1-7-4-5-10-11(9(7)3)6-8(2)14-12(10)13(15)16/h4-5,8,12,14H,6H2,1-3H3,(H,15,16). The average Bonchev–Trinajstić information content (AvgIpc) is 2.23. The van der Waals surface area contributed by atoms with E-state index < -0.39 is 12.0 Å². The Morgan fingerprint density at radius 3 is 2.75 bits per heavy atom. The largest absolute Gasteiger partial charge is 0.480 e. The fraction of sp³-hybridized carbons (Fsp3) is 0.462. The van der Waals surface area contributed by atoms with Gasteiger partial charge >= 0.3 is 5.97 Å². The van der Waals surface area contributed by atoms with Gasteiger partial charge < -0.3 is 5.11 Å². The maximum absolute atomic E-state index is 11.2. The number of aryl methyl sites for hydroxylation is 1. The highest BCUT2D eigenvalue weighted by atomic mass is 16.4. The number of benzene rings is 1. The van der Waals surface area contributed by atoms with Crippen LogP contribution in [0.25, 0.3) is 0 Å². The summed E-state index contributed by atoms with van der Waals surface area (Å²) in [6.45, 7) is 6.17. The lowest BCUT2D eigenvalue weighted by atomic mass is 9.86. The Hall–Kier alpha value is -1.35. The van der Waals surface area contributed by atoms with E-state index in [0.29, 0.717) is 0 Å². The minimum absolute atomic E-state index is 0.217. The van der Waals surface area contributed by atoms with Gasteiger partial charge in [-0.15, -0.1) is 0 Å². The molecule has 0 aliphatic carbocycles. The van der Waals surface area contributed by atoms with Crippen LogP contribution < -0.4 is 5.32 Å². The first-order valence-corrected chi connectivity index (χ1v) is 5.58. The van der Waals surface area contributed by atoms with Crippen LogP contribution in [-0.2, 0) is 11.2 Å². The summed E-state index contributed by atoms with van der Waals surface area (Å²) in [6, 6.07) is 3.60. The van der Waals surface area contributed by atoms with Crippen molar-refractivity contribution in [1.82, 2.24) is 5.32 Å². The maximum Gasteiger partial charge on any atom is 0.325 e. The predicted octanol–water partition coefficient (Wildman–Crippen LogP) is 1.96. The molecule has 2 rings (SSSR count). The van der Waals surface area contributed by atoms with Gasteiger partial charge in [-0.05, 0) is 49.4 Å². The summed E-state index contributed by atoms with van der Waals surface area (Å²) >= 11 is 0.